The summed E-state index contributed by atoms with van der Waals surface area (Å²) in [7, 11) is -5.53. The Morgan fingerprint density at radius 3 is 2.00 bits per heavy atom. The quantitative estimate of drug-likeness (QED) is 0.183. The van der Waals surface area contributed by atoms with E-state index >= 15 is 0 Å². The zero-order valence-corrected chi connectivity index (χ0v) is 18.6. The van der Waals surface area contributed by atoms with Crippen LogP contribution in [0.5, 0.6) is 0 Å². The van der Waals surface area contributed by atoms with Crippen molar-refractivity contribution in [1.29, 1.82) is 0 Å². The SMILES string of the molecule is C[Si](C)(C)O[Si](C)(CCCOCC(O)CN=[N+]=[N-])O[Si](C)(C)C. The summed E-state index contributed by atoms with van der Waals surface area (Å²) in [6.45, 7) is 16.1. The summed E-state index contributed by atoms with van der Waals surface area (Å²) < 4.78 is 18.3. The van der Waals surface area contributed by atoms with Crippen LogP contribution < -0.4 is 0 Å². The number of hydrogen-bond acceptors (Lipinski definition) is 5. The number of aliphatic hydroxyl groups is 1. The molecule has 0 fully saturated rings. The van der Waals surface area contributed by atoms with Crippen LogP contribution in [0.2, 0.25) is 51.9 Å². The first kappa shape index (κ1) is 22.8. The van der Waals surface area contributed by atoms with Crippen molar-refractivity contribution >= 4 is 25.2 Å². The Morgan fingerprint density at radius 2 is 1.57 bits per heavy atom. The topological polar surface area (TPSA) is 96.7 Å². The average molecular weight is 380 g/mol. The van der Waals surface area contributed by atoms with Crippen molar-refractivity contribution in [3.8, 4) is 0 Å². The predicted molar refractivity (Wildman–Crippen MR) is 101 cm³/mol. The van der Waals surface area contributed by atoms with Crippen LogP contribution >= 0.6 is 0 Å². The molecule has 0 heterocycles. The van der Waals surface area contributed by atoms with Gasteiger partial charge in [0.05, 0.1) is 19.3 Å². The minimum absolute atomic E-state index is 0.0421. The molecule has 1 N–H and O–H groups in total. The van der Waals surface area contributed by atoms with E-state index in [9.17, 15) is 5.11 Å². The minimum atomic E-state index is -2.20. The Morgan fingerprint density at radius 1 is 1.04 bits per heavy atom. The largest absolute Gasteiger partial charge is 0.437 e. The van der Waals surface area contributed by atoms with Gasteiger partial charge in [-0.25, -0.2) is 0 Å². The van der Waals surface area contributed by atoms with E-state index in [-0.39, 0.29) is 13.2 Å². The highest BCUT2D eigenvalue weighted by atomic mass is 28.5. The van der Waals surface area contributed by atoms with Crippen LogP contribution in [-0.4, -0.2) is 56.2 Å². The van der Waals surface area contributed by atoms with Gasteiger partial charge in [-0.2, -0.15) is 0 Å². The lowest BCUT2D eigenvalue weighted by Crippen LogP contribution is -2.52. The van der Waals surface area contributed by atoms with Crippen LogP contribution in [0.25, 0.3) is 10.4 Å². The van der Waals surface area contributed by atoms with Crippen LogP contribution in [0, 0.1) is 0 Å². The summed E-state index contributed by atoms with van der Waals surface area (Å²) in [5, 5.41) is 12.8. The van der Waals surface area contributed by atoms with Crippen molar-refractivity contribution in [2.75, 3.05) is 19.8 Å². The zero-order valence-electron chi connectivity index (χ0n) is 15.6. The second kappa shape index (κ2) is 9.94. The van der Waals surface area contributed by atoms with E-state index in [2.05, 4.69) is 55.9 Å². The molecule has 0 aromatic heterocycles. The Labute approximate surface area is 143 Å². The molecule has 0 saturated carbocycles. The normalized spacial score (nSPS) is 14.4. The zero-order chi connectivity index (χ0) is 18.1. The molecular formula is C13H33N3O4Si3. The molecule has 0 radical (unpaired) electrons. The van der Waals surface area contributed by atoms with E-state index < -0.39 is 31.3 Å². The van der Waals surface area contributed by atoms with Crippen LogP contribution in [0.3, 0.4) is 0 Å². The number of rotatable bonds is 12. The van der Waals surface area contributed by atoms with Gasteiger partial charge < -0.3 is 18.1 Å². The molecule has 136 valence electrons. The summed E-state index contributed by atoms with van der Waals surface area (Å²) in [6, 6.07) is 0.883. The van der Waals surface area contributed by atoms with E-state index in [1.54, 1.807) is 0 Å². The van der Waals surface area contributed by atoms with Crippen molar-refractivity contribution in [3.63, 3.8) is 0 Å². The van der Waals surface area contributed by atoms with Gasteiger partial charge in [0.2, 0.25) is 0 Å². The van der Waals surface area contributed by atoms with Crippen molar-refractivity contribution in [1.82, 2.24) is 0 Å². The molecule has 0 spiro atoms. The third-order valence-electron chi connectivity index (χ3n) is 2.63. The number of hydrogen-bond donors (Lipinski definition) is 1. The monoisotopic (exact) mass is 379 g/mol. The maximum Gasteiger partial charge on any atom is 0.314 e. The first-order valence-electron chi connectivity index (χ1n) is 8.04. The van der Waals surface area contributed by atoms with Gasteiger partial charge >= 0.3 is 8.56 Å². The lowest BCUT2D eigenvalue weighted by atomic mass is 10.4. The van der Waals surface area contributed by atoms with E-state index in [0.29, 0.717) is 6.61 Å². The first-order chi connectivity index (χ1) is 10.4. The summed E-state index contributed by atoms with van der Waals surface area (Å²) in [5.41, 5.74) is 8.19. The number of aliphatic hydroxyl groups excluding tert-OH is 1. The molecule has 23 heavy (non-hydrogen) atoms. The fourth-order valence-corrected chi connectivity index (χ4v) is 14.8. The smallest absolute Gasteiger partial charge is 0.314 e. The standard InChI is InChI=1S/C13H33N3O4Si3/c1-21(2,3)19-23(7,20-22(4,5)6)10-8-9-18-12-13(17)11-15-16-14/h13,17H,8-12H2,1-7H3. The number of nitrogens with zero attached hydrogens (tertiary/aromatic N) is 3. The second-order valence-electron chi connectivity index (χ2n) is 7.81. The molecule has 0 aliphatic rings. The fraction of sp³-hybridized carbons (Fsp3) is 1.00. The van der Waals surface area contributed by atoms with E-state index in [1.807, 2.05) is 0 Å². The highest BCUT2D eigenvalue weighted by molar-refractivity contribution is 6.87. The average Bonchev–Trinajstić information content (AvgIpc) is 2.30. The molecule has 0 amide bonds. The van der Waals surface area contributed by atoms with Crippen LogP contribution in [0.1, 0.15) is 6.42 Å². The van der Waals surface area contributed by atoms with Gasteiger partial charge in [0, 0.05) is 11.5 Å². The number of ether oxygens (including phenoxy) is 1. The Balaban J connectivity index is 4.32. The van der Waals surface area contributed by atoms with Crippen LogP contribution in [0.4, 0.5) is 0 Å². The van der Waals surface area contributed by atoms with Crippen LogP contribution in [-0.2, 0) is 13.0 Å². The van der Waals surface area contributed by atoms with Gasteiger partial charge in [0.25, 0.3) is 0 Å². The third kappa shape index (κ3) is 13.9. The summed E-state index contributed by atoms with van der Waals surface area (Å²) in [4.78, 5) is 2.61. The highest BCUT2D eigenvalue weighted by Crippen LogP contribution is 2.25. The molecule has 1 atom stereocenters. The van der Waals surface area contributed by atoms with Gasteiger partial charge in [-0.15, -0.1) is 0 Å². The Hall–Kier alpha value is -0.199. The first-order valence-corrected chi connectivity index (χ1v) is 17.4. The van der Waals surface area contributed by atoms with E-state index in [0.717, 1.165) is 12.5 Å². The highest BCUT2D eigenvalue weighted by Gasteiger charge is 2.39. The van der Waals surface area contributed by atoms with E-state index in [4.69, 9.17) is 18.5 Å². The summed E-state index contributed by atoms with van der Waals surface area (Å²) in [5.74, 6) is 0. The van der Waals surface area contributed by atoms with Gasteiger partial charge in [-0.3, -0.25) is 0 Å². The maximum absolute atomic E-state index is 9.53. The van der Waals surface area contributed by atoms with E-state index in [1.165, 1.54) is 0 Å². The van der Waals surface area contributed by atoms with Crippen molar-refractivity contribution < 1.29 is 18.1 Å². The predicted octanol–water partition coefficient (Wildman–Crippen LogP) is 3.84. The Kier molecular flexibility index (Phi) is 9.86. The lowest BCUT2D eigenvalue weighted by Gasteiger charge is -2.38. The molecule has 1 unspecified atom stereocenters. The molecule has 0 aliphatic carbocycles. The molecule has 0 rings (SSSR count). The van der Waals surface area contributed by atoms with Crippen molar-refractivity contribution in [3.05, 3.63) is 10.4 Å². The summed E-state index contributed by atoms with van der Waals surface area (Å²) in [6.07, 6.45) is 0.0948. The third-order valence-corrected chi connectivity index (χ3v) is 12.2. The van der Waals surface area contributed by atoms with Gasteiger partial charge in [-0.05, 0) is 63.8 Å². The molecule has 0 aliphatic heterocycles. The van der Waals surface area contributed by atoms with Gasteiger partial charge in [0.1, 0.15) is 0 Å². The van der Waals surface area contributed by atoms with Crippen molar-refractivity contribution in [2.45, 2.75) is 64.4 Å². The number of azide groups is 1. The van der Waals surface area contributed by atoms with Crippen LogP contribution in [0.15, 0.2) is 5.11 Å². The molecule has 10 heteroatoms. The maximum atomic E-state index is 9.53. The molecular weight excluding hydrogens is 346 g/mol. The second-order valence-corrected chi connectivity index (χ2v) is 20.7. The minimum Gasteiger partial charge on any atom is -0.437 e. The fourth-order valence-electron chi connectivity index (χ4n) is 2.32. The molecule has 0 aromatic carbocycles. The molecule has 0 saturated heterocycles. The Bertz CT molecular complexity index is 377. The van der Waals surface area contributed by atoms with Gasteiger partial charge in [0.15, 0.2) is 16.6 Å². The summed E-state index contributed by atoms with van der Waals surface area (Å²) >= 11 is 0. The molecule has 0 aromatic rings. The molecule has 7 nitrogen and oxygen atoms in total. The van der Waals surface area contributed by atoms with Crippen molar-refractivity contribution in [2.24, 2.45) is 5.11 Å². The van der Waals surface area contributed by atoms with Gasteiger partial charge in [-0.1, -0.05) is 5.11 Å². The molecule has 0 bridgehead atoms. The lowest BCUT2D eigenvalue weighted by molar-refractivity contribution is 0.0412.